The zero-order valence-corrected chi connectivity index (χ0v) is 18.7. The number of ether oxygens (including phenoxy) is 1. The highest BCUT2D eigenvalue weighted by Gasteiger charge is 2.62. The smallest absolute Gasteiger partial charge is 0.303 e. The van der Waals surface area contributed by atoms with E-state index in [0.29, 0.717) is 36.1 Å². The van der Waals surface area contributed by atoms with Crippen LogP contribution in [0.2, 0.25) is 0 Å². The van der Waals surface area contributed by atoms with E-state index in [-0.39, 0.29) is 29.5 Å². The SMILES string of the molecule is C[C@H](CCC(=O)O)[C@H]1CC[C@H]2[C@@H]3[C@H](OC=O)CC4=C[C@@H](O)CC[C@]4(C)[C@H]3CC[C@]12C. The molecule has 0 aliphatic heterocycles. The minimum atomic E-state index is -0.705. The van der Waals surface area contributed by atoms with Crippen LogP contribution < -0.4 is 0 Å². The van der Waals surface area contributed by atoms with E-state index in [1.807, 2.05) is 6.08 Å². The van der Waals surface area contributed by atoms with E-state index in [0.717, 1.165) is 44.9 Å². The summed E-state index contributed by atoms with van der Waals surface area (Å²) >= 11 is 0. The van der Waals surface area contributed by atoms with Gasteiger partial charge in [0.05, 0.1) is 6.10 Å². The zero-order chi connectivity index (χ0) is 21.7. The lowest BCUT2D eigenvalue weighted by Crippen LogP contribution is -2.56. The maximum atomic E-state index is 11.4. The largest absolute Gasteiger partial charge is 0.481 e. The quantitative estimate of drug-likeness (QED) is 0.487. The molecule has 0 amide bonds. The molecule has 3 saturated carbocycles. The number of carboxylic acids is 1. The van der Waals surface area contributed by atoms with E-state index < -0.39 is 5.97 Å². The number of hydrogen-bond donors (Lipinski definition) is 2. The number of aliphatic carboxylic acids is 1. The van der Waals surface area contributed by atoms with Crippen molar-refractivity contribution in [2.45, 2.75) is 90.8 Å². The van der Waals surface area contributed by atoms with Crippen molar-refractivity contribution < 1.29 is 24.5 Å². The summed E-state index contributed by atoms with van der Waals surface area (Å²) < 4.78 is 5.73. The Morgan fingerprint density at radius 1 is 1.23 bits per heavy atom. The first-order chi connectivity index (χ1) is 14.2. The molecule has 0 spiro atoms. The Balaban J connectivity index is 1.63. The highest BCUT2D eigenvalue weighted by Crippen LogP contribution is 2.68. The van der Waals surface area contributed by atoms with Crippen molar-refractivity contribution in [2.24, 2.45) is 40.4 Å². The summed E-state index contributed by atoms with van der Waals surface area (Å²) in [5.74, 6) is 1.60. The normalized spacial score (nSPS) is 46.1. The van der Waals surface area contributed by atoms with E-state index in [1.165, 1.54) is 12.0 Å². The number of aliphatic hydroxyl groups is 1. The number of aliphatic hydroxyl groups excluding tert-OH is 1. The van der Waals surface area contributed by atoms with Crippen LogP contribution in [0.3, 0.4) is 0 Å². The van der Waals surface area contributed by atoms with Crippen LogP contribution in [0.25, 0.3) is 0 Å². The van der Waals surface area contributed by atoms with Gasteiger partial charge < -0.3 is 14.9 Å². The summed E-state index contributed by atoms with van der Waals surface area (Å²) in [6.45, 7) is 7.67. The van der Waals surface area contributed by atoms with E-state index in [1.54, 1.807) is 0 Å². The summed E-state index contributed by atoms with van der Waals surface area (Å²) in [6, 6.07) is 0. The lowest BCUT2D eigenvalue weighted by Gasteiger charge is -2.60. The van der Waals surface area contributed by atoms with Crippen LogP contribution in [0.4, 0.5) is 0 Å². The molecular formula is C25H38O5. The molecule has 3 fully saturated rings. The molecule has 0 heterocycles. The fourth-order valence-corrected chi connectivity index (χ4v) is 8.39. The number of fused-ring (bicyclic) bond motifs is 5. The van der Waals surface area contributed by atoms with Crippen molar-refractivity contribution >= 4 is 12.4 Å². The summed E-state index contributed by atoms with van der Waals surface area (Å²) in [4.78, 5) is 22.5. The fourth-order valence-electron chi connectivity index (χ4n) is 8.39. The molecule has 4 aliphatic carbocycles. The lowest BCUT2D eigenvalue weighted by atomic mass is 9.45. The molecular weight excluding hydrogens is 380 g/mol. The molecule has 4 rings (SSSR count). The average Bonchev–Trinajstić information content (AvgIpc) is 3.04. The third-order valence-electron chi connectivity index (χ3n) is 9.89. The van der Waals surface area contributed by atoms with Gasteiger partial charge >= 0.3 is 5.97 Å². The molecule has 2 N–H and O–H groups in total. The van der Waals surface area contributed by atoms with Crippen LogP contribution in [0, 0.1) is 40.4 Å². The predicted molar refractivity (Wildman–Crippen MR) is 114 cm³/mol. The van der Waals surface area contributed by atoms with Crippen LogP contribution in [0.15, 0.2) is 11.6 Å². The van der Waals surface area contributed by atoms with E-state index >= 15 is 0 Å². The van der Waals surface area contributed by atoms with Gasteiger partial charge in [-0.05, 0) is 79.4 Å². The summed E-state index contributed by atoms with van der Waals surface area (Å²) in [7, 11) is 0. The standard InChI is InChI=1S/C25H38O5/c1-15(4-7-22(28)29)18-5-6-19-23-20(9-11-25(18,19)3)24(2)10-8-17(27)12-16(24)13-21(23)30-14-26/h12,14-15,17-21,23,27H,4-11,13H2,1-3H3,(H,28,29)/t15-,17+,18-,19+,20+,21-,23+,24+,25-/m1/s1. The van der Waals surface area contributed by atoms with Crippen molar-refractivity contribution in [1.29, 1.82) is 0 Å². The van der Waals surface area contributed by atoms with Crippen molar-refractivity contribution in [3.8, 4) is 0 Å². The third-order valence-corrected chi connectivity index (χ3v) is 9.89. The van der Waals surface area contributed by atoms with Gasteiger partial charge in [-0.25, -0.2) is 0 Å². The third kappa shape index (κ3) is 3.41. The van der Waals surface area contributed by atoms with Crippen molar-refractivity contribution in [1.82, 2.24) is 0 Å². The van der Waals surface area contributed by atoms with Crippen LogP contribution in [-0.4, -0.2) is 34.9 Å². The van der Waals surface area contributed by atoms with Gasteiger partial charge in [0.15, 0.2) is 0 Å². The van der Waals surface area contributed by atoms with Gasteiger partial charge in [-0.15, -0.1) is 0 Å². The predicted octanol–water partition coefficient (Wildman–Crippen LogP) is 4.58. The Morgan fingerprint density at radius 3 is 2.70 bits per heavy atom. The Kier molecular flexibility index (Phi) is 5.80. The second kappa shape index (κ2) is 7.96. The molecule has 168 valence electrons. The van der Waals surface area contributed by atoms with E-state index in [9.17, 15) is 14.7 Å². The zero-order valence-electron chi connectivity index (χ0n) is 18.7. The van der Waals surface area contributed by atoms with Crippen molar-refractivity contribution in [3.63, 3.8) is 0 Å². The highest BCUT2D eigenvalue weighted by molar-refractivity contribution is 5.66. The fraction of sp³-hybridized carbons (Fsp3) is 0.840. The van der Waals surface area contributed by atoms with Gasteiger partial charge in [0.1, 0.15) is 6.10 Å². The molecule has 30 heavy (non-hydrogen) atoms. The summed E-state index contributed by atoms with van der Waals surface area (Å²) in [6.07, 6.45) is 9.73. The number of carboxylic acid groups (broad SMARTS) is 1. The molecule has 0 aromatic heterocycles. The summed E-state index contributed by atoms with van der Waals surface area (Å²) in [5, 5.41) is 19.4. The van der Waals surface area contributed by atoms with Gasteiger partial charge in [0.25, 0.3) is 6.47 Å². The number of carbonyl (C=O) groups excluding carboxylic acids is 1. The monoisotopic (exact) mass is 418 g/mol. The molecule has 0 aromatic carbocycles. The molecule has 5 nitrogen and oxygen atoms in total. The first kappa shape index (κ1) is 21.9. The Bertz CT molecular complexity index is 716. The van der Waals surface area contributed by atoms with Crippen molar-refractivity contribution in [2.75, 3.05) is 0 Å². The molecule has 9 atom stereocenters. The highest BCUT2D eigenvalue weighted by atomic mass is 16.5. The van der Waals surface area contributed by atoms with Crippen molar-refractivity contribution in [3.05, 3.63) is 11.6 Å². The maximum absolute atomic E-state index is 11.4. The van der Waals surface area contributed by atoms with Gasteiger partial charge in [0.2, 0.25) is 0 Å². The van der Waals surface area contributed by atoms with Gasteiger partial charge in [0, 0.05) is 18.8 Å². The second-order valence-corrected chi connectivity index (χ2v) is 11.1. The van der Waals surface area contributed by atoms with Crippen LogP contribution >= 0.6 is 0 Å². The van der Waals surface area contributed by atoms with Crippen LogP contribution in [0.5, 0.6) is 0 Å². The Labute approximate surface area is 180 Å². The van der Waals surface area contributed by atoms with Crippen LogP contribution in [0.1, 0.15) is 78.6 Å². The maximum Gasteiger partial charge on any atom is 0.303 e. The average molecular weight is 419 g/mol. The molecule has 0 radical (unpaired) electrons. The number of hydrogen-bond acceptors (Lipinski definition) is 4. The minimum absolute atomic E-state index is 0.0982. The van der Waals surface area contributed by atoms with Gasteiger partial charge in [-0.2, -0.15) is 0 Å². The van der Waals surface area contributed by atoms with Crippen LogP contribution in [-0.2, 0) is 14.3 Å². The minimum Gasteiger partial charge on any atom is -0.481 e. The molecule has 0 aromatic rings. The first-order valence-corrected chi connectivity index (χ1v) is 11.9. The molecule has 0 unspecified atom stereocenters. The Morgan fingerprint density at radius 2 is 2.00 bits per heavy atom. The van der Waals surface area contributed by atoms with Gasteiger partial charge in [-0.1, -0.05) is 32.4 Å². The molecule has 0 saturated heterocycles. The summed E-state index contributed by atoms with van der Waals surface area (Å²) in [5.41, 5.74) is 1.58. The first-order valence-electron chi connectivity index (χ1n) is 11.9. The number of carbonyl (C=O) groups is 2. The van der Waals surface area contributed by atoms with Gasteiger partial charge in [-0.3, -0.25) is 9.59 Å². The molecule has 4 aliphatic rings. The molecule has 5 heteroatoms. The Hall–Kier alpha value is -1.36. The topological polar surface area (TPSA) is 83.8 Å². The number of rotatable bonds is 6. The molecule has 0 bridgehead atoms. The lowest BCUT2D eigenvalue weighted by molar-refractivity contribution is -0.156. The second-order valence-electron chi connectivity index (χ2n) is 11.1. The van der Waals surface area contributed by atoms with E-state index in [4.69, 9.17) is 9.84 Å². The van der Waals surface area contributed by atoms with E-state index in [2.05, 4.69) is 20.8 Å².